The third kappa shape index (κ3) is 4.42. The van der Waals surface area contributed by atoms with Crippen molar-refractivity contribution in [1.29, 1.82) is 0 Å². The van der Waals surface area contributed by atoms with Gasteiger partial charge in [-0.15, -0.1) is 0 Å². The number of carbonyl (C=O) groups is 3. The minimum absolute atomic E-state index is 0.0337. The van der Waals surface area contributed by atoms with Crippen molar-refractivity contribution >= 4 is 23.3 Å². The Morgan fingerprint density at radius 3 is 2.04 bits per heavy atom. The molecule has 0 aliphatic rings. The van der Waals surface area contributed by atoms with Crippen molar-refractivity contribution in [2.45, 2.75) is 20.0 Å². The fourth-order valence-corrected chi connectivity index (χ4v) is 1.91. The van der Waals surface area contributed by atoms with Crippen molar-refractivity contribution in [2.24, 2.45) is 0 Å². The van der Waals surface area contributed by atoms with E-state index in [1.807, 2.05) is 0 Å². The minimum Gasteiger partial charge on any atom is -0.508 e. The summed E-state index contributed by atoms with van der Waals surface area (Å²) in [5.74, 6) is -1.18. The molecule has 0 fully saturated rings. The van der Waals surface area contributed by atoms with Gasteiger partial charge in [-0.1, -0.05) is 0 Å². The van der Waals surface area contributed by atoms with Gasteiger partial charge in [-0.05, 0) is 62.4 Å². The van der Waals surface area contributed by atoms with Crippen LogP contribution in [0, 0.1) is 0 Å². The largest absolute Gasteiger partial charge is 0.508 e. The van der Waals surface area contributed by atoms with Crippen molar-refractivity contribution < 1.29 is 24.2 Å². The Balaban J connectivity index is 1.95. The SMILES string of the molecule is CC(=O)c1ccc(NC(=O)[C@@H](C)OC(=O)c2ccc(O)cc2)cc1. The molecule has 0 spiro atoms. The van der Waals surface area contributed by atoms with E-state index in [0.29, 0.717) is 11.3 Å². The maximum atomic E-state index is 12.1. The molecule has 0 unspecified atom stereocenters. The van der Waals surface area contributed by atoms with Gasteiger partial charge in [0.05, 0.1) is 5.56 Å². The number of Topliss-reactive ketones (excluding diaryl/α,β-unsaturated/α-hetero) is 1. The summed E-state index contributed by atoms with van der Waals surface area (Å²) in [4.78, 5) is 35.2. The summed E-state index contributed by atoms with van der Waals surface area (Å²) < 4.78 is 5.09. The number of carbonyl (C=O) groups excluding carboxylic acids is 3. The molecule has 0 saturated heterocycles. The summed E-state index contributed by atoms with van der Waals surface area (Å²) >= 11 is 0. The molecule has 0 aliphatic carbocycles. The molecule has 2 N–H and O–H groups in total. The maximum Gasteiger partial charge on any atom is 0.338 e. The second-order valence-electron chi connectivity index (χ2n) is 5.22. The molecule has 0 radical (unpaired) electrons. The van der Waals surface area contributed by atoms with Crippen LogP contribution in [0.1, 0.15) is 34.6 Å². The summed E-state index contributed by atoms with van der Waals surface area (Å²) in [6.07, 6.45) is -1.00. The number of phenols is 1. The first-order valence-electron chi connectivity index (χ1n) is 7.28. The van der Waals surface area contributed by atoms with Gasteiger partial charge in [0.1, 0.15) is 5.75 Å². The lowest BCUT2D eigenvalue weighted by Crippen LogP contribution is -2.30. The van der Waals surface area contributed by atoms with Crippen LogP contribution in [0.2, 0.25) is 0 Å². The van der Waals surface area contributed by atoms with Crippen molar-refractivity contribution in [3.63, 3.8) is 0 Å². The predicted molar refractivity (Wildman–Crippen MR) is 88.1 cm³/mol. The number of phenolic OH excluding ortho intramolecular Hbond substituents is 1. The number of rotatable bonds is 5. The Bertz CT molecular complexity index is 750. The summed E-state index contributed by atoms with van der Waals surface area (Å²) in [5, 5.41) is 11.8. The van der Waals surface area contributed by atoms with Crippen molar-refractivity contribution in [2.75, 3.05) is 5.32 Å². The monoisotopic (exact) mass is 327 g/mol. The van der Waals surface area contributed by atoms with Gasteiger partial charge in [0.2, 0.25) is 0 Å². The molecule has 24 heavy (non-hydrogen) atoms. The number of hydrogen-bond acceptors (Lipinski definition) is 5. The molecule has 1 atom stereocenters. The van der Waals surface area contributed by atoms with E-state index in [9.17, 15) is 19.5 Å². The van der Waals surface area contributed by atoms with Gasteiger partial charge in [0.15, 0.2) is 11.9 Å². The fourth-order valence-electron chi connectivity index (χ4n) is 1.91. The molecule has 2 aromatic rings. The number of ketones is 1. The zero-order chi connectivity index (χ0) is 17.7. The lowest BCUT2D eigenvalue weighted by Gasteiger charge is -2.13. The van der Waals surface area contributed by atoms with Crippen LogP contribution in [0.25, 0.3) is 0 Å². The lowest BCUT2D eigenvalue weighted by molar-refractivity contribution is -0.123. The molecule has 0 aromatic heterocycles. The molecule has 2 aromatic carbocycles. The highest BCUT2D eigenvalue weighted by Crippen LogP contribution is 2.13. The zero-order valence-corrected chi connectivity index (χ0v) is 13.3. The summed E-state index contributed by atoms with van der Waals surface area (Å²) in [6, 6.07) is 11.9. The molecular weight excluding hydrogens is 310 g/mol. The normalized spacial score (nSPS) is 11.4. The van der Waals surface area contributed by atoms with Crippen molar-refractivity contribution in [3.05, 3.63) is 59.7 Å². The number of aromatic hydroxyl groups is 1. The third-order valence-corrected chi connectivity index (χ3v) is 3.32. The van der Waals surface area contributed by atoms with E-state index >= 15 is 0 Å². The van der Waals surface area contributed by atoms with E-state index in [2.05, 4.69) is 5.32 Å². The van der Waals surface area contributed by atoms with Gasteiger partial charge in [-0.25, -0.2) is 4.79 Å². The Morgan fingerprint density at radius 1 is 0.958 bits per heavy atom. The fraction of sp³-hybridized carbons (Fsp3) is 0.167. The molecule has 0 heterocycles. The molecule has 1 amide bonds. The molecular formula is C18H17NO5. The first kappa shape index (κ1) is 17.2. The van der Waals surface area contributed by atoms with Gasteiger partial charge < -0.3 is 15.2 Å². The van der Waals surface area contributed by atoms with E-state index in [4.69, 9.17) is 4.74 Å². The molecule has 6 nitrogen and oxygen atoms in total. The van der Waals surface area contributed by atoms with Crippen LogP contribution in [-0.2, 0) is 9.53 Å². The minimum atomic E-state index is -1.00. The Labute approximate surface area is 139 Å². The number of nitrogens with one attached hydrogen (secondary N) is 1. The third-order valence-electron chi connectivity index (χ3n) is 3.32. The van der Waals surface area contributed by atoms with Crippen molar-refractivity contribution in [3.8, 4) is 5.75 Å². The molecule has 0 bridgehead atoms. The second-order valence-corrected chi connectivity index (χ2v) is 5.22. The number of benzene rings is 2. The van der Waals surface area contributed by atoms with E-state index in [-0.39, 0.29) is 17.1 Å². The van der Waals surface area contributed by atoms with Crippen LogP contribution in [0.4, 0.5) is 5.69 Å². The highest BCUT2D eigenvalue weighted by molar-refractivity contribution is 5.98. The molecule has 2 rings (SSSR count). The van der Waals surface area contributed by atoms with Gasteiger partial charge in [-0.2, -0.15) is 0 Å². The summed E-state index contributed by atoms with van der Waals surface area (Å²) in [5.41, 5.74) is 1.27. The van der Waals surface area contributed by atoms with Crippen LogP contribution in [0.5, 0.6) is 5.75 Å². The molecule has 0 saturated carbocycles. The smallest absolute Gasteiger partial charge is 0.338 e. The summed E-state index contributed by atoms with van der Waals surface area (Å²) in [7, 11) is 0. The first-order valence-corrected chi connectivity index (χ1v) is 7.28. The molecule has 6 heteroatoms. The van der Waals surface area contributed by atoms with Crippen LogP contribution >= 0.6 is 0 Å². The average Bonchev–Trinajstić information content (AvgIpc) is 2.55. The van der Waals surface area contributed by atoms with Crippen LogP contribution in [0.3, 0.4) is 0 Å². The summed E-state index contributed by atoms with van der Waals surface area (Å²) in [6.45, 7) is 2.91. The second kappa shape index (κ2) is 7.41. The quantitative estimate of drug-likeness (QED) is 0.651. The van der Waals surface area contributed by atoms with E-state index in [1.54, 1.807) is 24.3 Å². The predicted octanol–water partition coefficient (Wildman–Crippen LogP) is 2.78. The topological polar surface area (TPSA) is 92.7 Å². The molecule has 124 valence electrons. The lowest BCUT2D eigenvalue weighted by atomic mass is 10.1. The number of amides is 1. The van der Waals surface area contributed by atoms with Crippen LogP contribution in [0.15, 0.2) is 48.5 Å². The average molecular weight is 327 g/mol. The van der Waals surface area contributed by atoms with E-state index in [1.165, 1.54) is 38.1 Å². The highest BCUT2D eigenvalue weighted by atomic mass is 16.5. The van der Waals surface area contributed by atoms with E-state index in [0.717, 1.165) is 0 Å². The zero-order valence-electron chi connectivity index (χ0n) is 13.3. The maximum absolute atomic E-state index is 12.1. The first-order chi connectivity index (χ1) is 11.4. The Hall–Kier alpha value is -3.15. The van der Waals surface area contributed by atoms with Gasteiger partial charge in [0, 0.05) is 11.3 Å². The van der Waals surface area contributed by atoms with Gasteiger partial charge >= 0.3 is 5.97 Å². The van der Waals surface area contributed by atoms with E-state index < -0.39 is 18.0 Å². The van der Waals surface area contributed by atoms with Crippen LogP contribution < -0.4 is 5.32 Å². The van der Waals surface area contributed by atoms with Crippen molar-refractivity contribution in [1.82, 2.24) is 0 Å². The Morgan fingerprint density at radius 2 is 1.50 bits per heavy atom. The number of hydrogen-bond donors (Lipinski definition) is 2. The highest BCUT2D eigenvalue weighted by Gasteiger charge is 2.19. The number of anilines is 1. The Kier molecular flexibility index (Phi) is 5.31. The number of esters is 1. The van der Waals surface area contributed by atoms with Crippen LogP contribution in [-0.4, -0.2) is 28.9 Å². The standard InChI is InChI=1S/C18H17NO5/c1-11(20)13-3-7-15(8-4-13)19-17(22)12(2)24-18(23)14-5-9-16(21)10-6-14/h3-10,12,21H,1-2H3,(H,19,22)/t12-/m1/s1. The van der Waals surface area contributed by atoms with Gasteiger partial charge in [-0.3, -0.25) is 9.59 Å². The van der Waals surface area contributed by atoms with Gasteiger partial charge in [0.25, 0.3) is 5.91 Å². The number of ether oxygens (including phenoxy) is 1. The molecule has 0 aliphatic heterocycles.